The van der Waals surface area contributed by atoms with Crippen molar-refractivity contribution in [2.75, 3.05) is 32.8 Å². The van der Waals surface area contributed by atoms with Crippen molar-refractivity contribution in [1.82, 2.24) is 15.1 Å². The topological polar surface area (TPSA) is 63.9 Å². The average molecular weight is 436 g/mol. The van der Waals surface area contributed by atoms with Crippen LogP contribution in [0.3, 0.4) is 0 Å². The smallest absolute Gasteiger partial charge is 0.207 e. The van der Waals surface area contributed by atoms with Gasteiger partial charge in [-0.25, -0.2) is 9.38 Å². The highest BCUT2D eigenvalue weighted by Crippen LogP contribution is 2.20. The molecule has 2 aromatic rings. The van der Waals surface area contributed by atoms with Crippen LogP contribution < -0.4 is 10.1 Å². The Hall–Kier alpha value is -3.11. The fourth-order valence-electron chi connectivity index (χ4n) is 4.37. The van der Waals surface area contributed by atoms with Crippen LogP contribution in [0.2, 0.25) is 0 Å². The van der Waals surface area contributed by atoms with Crippen LogP contribution in [0.5, 0.6) is 5.75 Å². The van der Waals surface area contributed by atoms with Crippen LogP contribution in [0.25, 0.3) is 0 Å². The first-order chi connectivity index (χ1) is 15.7. The minimum atomic E-state index is -0.249. The van der Waals surface area contributed by atoms with Gasteiger partial charge >= 0.3 is 0 Å². The summed E-state index contributed by atoms with van der Waals surface area (Å²) in [7, 11) is 0. The molecule has 2 heterocycles. The van der Waals surface area contributed by atoms with Gasteiger partial charge in [0.25, 0.3) is 0 Å². The molecule has 2 aliphatic heterocycles. The molecule has 0 bridgehead atoms. The van der Waals surface area contributed by atoms with Crippen LogP contribution in [-0.4, -0.2) is 54.6 Å². The highest BCUT2D eigenvalue weighted by molar-refractivity contribution is 5.81. The first-order valence-corrected chi connectivity index (χ1v) is 11.4. The van der Waals surface area contributed by atoms with Crippen LogP contribution in [0.4, 0.5) is 4.39 Å². The van der Waals surface area contributed by atoms with Gasteiger partial charge in [-0.1, -0.05) is 24.3 Å². The summed E-state index contributed by atoms with van der Waals surface area (Å²) in [4.78, 5) is 9.55. The summed E-state index contributed by atoms with van der Waals surface area (Å²) in [6, 6.07) is 14.9. The fraction of sp³-hybridized carbons (Fsp3) is 0.440. The van der Waals surface area contributed by atoms with Gasteiger partial charge in [-0.3, -0.25) is 5.32 Å². The minimum absolute atomic E-state index is 0.231. The van der Waals surface area contributed by atoms with Crippen LogP contribution in [0.15, 0.2) is 53.5 Å². The molecule has 1 saturated heterocycles. The molecule has 0 unspecified atom stereocenters. The number of benzene rings is 2. The zero-order valence-electron chi connectivity index (χ0n) is 18.3. The van der Waals surface area contributed by atoms with E-state index < -0.39 is 0 Å². The number of likely N-dealkylation sites (tertiary alicyclic amines) is 1. The quantitative estimate of drug-likeness (QED) is 0.247. The van der Waals surface area contributed by atoms with Crippen molar-refractivity contribution in [1.29, 1.82) is 5.26 Å². The average Bonchev–Trinajstić information content (AvgIpc) is 2.83. The molecule has 2 aromatic carbocycles. The molecule has 4 rings (SSSR count). The number of guanidine groups is 1. The van der Waals surface area contributed by atoms with Crippen molar-refractivity contribution >= 4 is 5.96 Å². The molecular formula is C25H30FN5O. The van der Waals surface area contributed by atoms with E-state index in [1.54, 1.807) is 12.1 Å². The van der Waals surface area contributed by atoms with E-state index in [0.29, 0.717) is 18.3 Å². The van der Waals surface area contributed by atoms with E-state index in [1.165, 1.54) is 23.3 Å². The monoisotopic (exact) mass is 435 g/mol. The number of halogens is 1. The van der Waals surface area contributed by atoms with Gasteiger partial charge in [0.15, 0.2) is 6.19 Å². The van der Waals surface area contributed by atoms with Gasteiger partial charge < -0.3 is 14.5 Å². The molecule has 32 heavy (non-hydrogen) atoms. The summed E-state index contributed by atoms with van der Waals surface area (Å²) in [5.41, 5.74) is 2.70. The Morgan fingerprint density at radius 2 is 1.84 bits per heavy atom. The second-order valence-corrected chi connectivity index (χ2v) is 8.36. The summed E-state index contributed by atoms with van der Waals surface area (Å²) in [6.45, 7) is 5.25. The number of rotatable bonds is 6. The van der Waals surface area contributed by atoms with E-state index in [2.05, 4.69) is 45.6 Å². The van der Waals surface area contributed by atoms with E-state index in [0.717, 1.165) is 58.4 Å². The van der Waals surface area contributed by atoms with Gasteiger partial charge in [-0.15, -0.1) is 0 Å². The molecular weight excluding hydrogens is 405 g/mol. The summed E-state index contributed by atoms with van der Waals surface area (Å²) in [5, 5.41) is 12.1. The molecule has 0 aliphatic carbocycles. The second-order valence-electron chi connectivity index (χ2n) is 8.36. The minimum Gasteiger partial charge on any atom is -0.494 e. The first-order valence-electron chi connectivity index (χ1n) is 11.4. The molecule has 2 aliphatic rings. The number of ether oxygens (including phenoxy) is 1. The number of hydrogen-bond donors (Lipinski definition) is 1. The lowest BCUT2D eigenvalue weighted by atomic mass is 10.0. The van der Waals surface area contributed by atoms with Crippen molar-refractivity contribution in [3.05, 3.63) is 65.5 Å². The maximum Gasteiger partial charge on any atom is 0.207 e. The number of nitrogens with zero attached hydrogens (tertiary/aromatic N) is 4. The fourth-order valence-corrected chi connectivity index (χ4v) is 4.37. The Balaban J connectivity index is 1.22. The molecule has 1 N–H and O–H groups in total. The van der Waals surface area contributed by atoms with Crippen molar-refractivity contribution in [3.8, 4) is 11.9 Å². The number of piperidine rings is 1. The third-order valence-corrected chi connectivity index (χ3v) is 6.16. The van der Waals surface area contributed by atoms with Gasteiger partial charge in [0.2, 0.25) is 5.96 Å². The van der Waals surface area contributed by atoms with Gasteiger partial charge in [0.05, 0.1) is 12.6 Å². The predicted molar refractivity (Wildman–Crippen MR) is 123 cm³/mol. The standard InChI is InChI=1S/C25H30FN5O/c26-22-6-8-24(9-7-22)32-17-3-13-30-14-11-23(12-15-30)29-25(28-19-27)31-16-10-20-4-1-2-5-21(20)18-31/h1-2,4-9,23H,3,10-18H2,(H,28,29). The maximum absolute atomic E-state index is 12.9. The highest BCUT2D eigenvalue weighted by atomic mass is 19.1. The number of fused-ring (bicyclic) bond motifs is 1. The Bertz CT molecular complexity index is 948. The van der Waals surface area contributed by atoms with Gasteiger partial charge in [0.1, 0.15) is 11.6 Å². The molecule has 0 amide bonds. The lowest BCUT2D eigenvalue weighted by molar-refractivity contribution is 0.193. The Labute approximate surface area is 189 Å². The highest BCUT2D eigenvalue weighted by Gasteiger charge is 2.23. The van der Waals surface area contributed by atoms with Crippen LogP contribution in [0.1, 0.15) is 30.4 Å². The van der Waals surface area contributed by atoms with Gasteiger partial charge in [-0.2, -0.15) is 5.26 Å². The number of hydrogen-bond acceptors (Lipinski definition) is 4. The summed E-state index contributed by atoms with van der Waals surface area (Å²) in [6.07, 6.45) is 5.95. The lowest BCUT2D eigenvalue weighted by Gasteiger charge is -2.33. The van der Waals surface area contributed by atoms with E-state index in [9.17, 15) is 9.65 Å². The van der Waals surface area contributed by atoms with Crippen LogP contribution >= 0.6 is 0 Å². The molecule has 0 saturated carbocycles. The third-order valence-electron chi connectivity index (χ3n) is 6.16. The number of nitrogens with one attached hydrogen (secondary N) is 1. The Kier molecular flexibility index (Phi) is 7.57. The lowest BCUT2D eigenvalue weighted by Crippen LogP contribution is -2.44. The third kappa shape index (κ3) is 5.98. The van der Waals surface area contributed by atoms with E-state index >= 15 is 0 Å². The van der Waals surface area contributed by atoms with Gasteiger partial charge in [0, 0.05) is 32.7 Å². The van der Waals surface area contributed by atoms with Crippen molar-refractivity contribution < 1.29 is 9.13 Å². The first kappa shape index (κ1) is 22.1. The summed E-state index contributed by atoms with van der Waals surface area (Å²) in [5.74, 6) is 1.16. The number of aliphatic imine (C=N–C) groups is 1. The molecule has 0 radical (unpaired) electrons. The second kappa shape index (κ2) is 11.0. The summed E-state index contributed by atoms with van der Waals surface area (Å²) < 4.78 is 18.6. The zero-order valence-corrected chi connectivity index (χ0v) is 18.3. The molecule has 0 atom stereocenters. The van der Waals surface area contributed by atoms with E-state index in [4.69, 9.17) is 9.73 Å². The Morgan fingerprint density at radius 3 is 2.59 bits per heavy atom. The van der Waals surface area contributed by atoms with Crippen molar-refractivity contribution in [2.24, 2.45) is 4.99 Å². The van der Waals surface area contributed by atoms with Crippen LogP contribution in [0, 0.1) is 17.3 Å². The molecule has 0 spiro atoms. The number of nitriles is 1. The predicted octanol–water partition coefficient (Wildman–Crippen LogP) is 3.54. The SMILES string of the molecule is N#CN/C(=N\C1CCN(CCCOc2ccc(F)cc2)CC1)N1CCc2ccccc2C1. The largest absolute Gasteiger partial charge is 0.494 e. The van der Waals surface area contributed by atoms with E-state index in [1.807, 2.05) is 0 Å². The summed E-state index contributed by atoms with van der Waals surface area (Å²) >= 11 is 0. The zero-order chi connectivity index (χ0) is 22.2. The van der Waals surface area contributed by atoms with E-state index in [-0.39, 0.29) is 11.9 Å². The molecule has 0 aromatic heterocycles. The van der Waals surface area contributed by atoms with Crippen molar-refractivity contribution in [3.63, 3.8) is 0 Å². The normalized spacial score (nSPS) is 17.5. The maximum atomic E-state index is 12.9. The molecule has 6 nitrogen and oxygen atoms in total. The Morgan fingerprint density at radius 1 is 1.09 bits per heavy atom. The molecule has 168 valence electrons. The van der Waals surface area contributed by atoms with Crippen molar-refractivity contribution in [2.45, 2.75) is 38.3 Å². The van der Waals surface area contributed by atoms with Gasteiger partial charge in [-0.05, 0) is 61.1 Å². The van der Waals surface area contributed by atoms with Crippen LogP contribution in [-0.2, 0) is 13.0 Å². The molecule has 7 heteroatoms. The molecule has 1 fully saturated rings.